The van der Waals surface area contributed by atoms with Crippen molar-refractivity contribution < 1.29 is 0 Å². The van der Waals surface area contributed by atoms with Gasteiger partial charge in [-0.1, -0.05) is 36.4 Å². The lowest BCUT2D eigenvalue weighted by Crippen LogP contribution is -2.21. The molecule has 0 saturated carbocycles. The van der Waals surface area contributed by atoms with Crippen LogP contribution in [0.1, 0.15) is 16.7 Å². The molecule has 5 nitrogen and oxygen atoms in total. The number of aryl methyl sites for hydroxylation is 2. The van der Waals surface area contributed by atoms with Crippen LogP contribution in [0.5, 0.6) is 0 Å². The number of hydrogen-bond donors (Lipinski definition) is 0. The van der Waals surface area contributed by atoms with E-state index in [0.29, 0.717) is 17.6 Å². The van der Waals surface area contributed by atoms with Crippen LogP contribution in [0, 0.1) is 13.8 Å². The first-order chi connectivity index (χ1) is 12.1. The molecule has 0 bridgehead atoms. The van der Waals surface area contributed by atoms with Gasteiger partial charge in [0.15, 0.2) is 5.65 Å². The third-order valence-corrected chi connectivity index (χ3v) is 4.49. The summed E-state index contributed by atoms with van der Waals surface area (Å²) in [7, 11) is 0. The highest BCUT2D eigenvalue weighted by molar-refractivity contribution is 5.75. The van der Waals surface area contributed by atoms with Crippen LogP contribution in [-0.2, 0) is 6.54 Å². The molecule has 2 aromatic heterocycles. The number of nitrogens with zero attached hydrogens (tertiary/aromatic N) is 4. The van der Waals surface area contributed by atoms with Gasteiger partial charge in [-0.05, 0) is 42.7 Å². The molecule has 124 valence electrons. The smallest absolute Gasteiger partial charge is 0.264 e. The summed E-state index contributed by atoms with van der Waals surface area (Å²) in [6.45, 7) is 4.63. The van der Waals surface area contributed by atoms with Crippen LogP contribution >= 0.6 is 0 Å². The molecule has 2 heterocycles. The van der Waals surface area contributed by atoms with Crippen molar-refractivity contribution in [3.63, 3.8) is 0 Å². The average molecular weight is 330 g/mol. The topological polar surface area (TPSA) is 52.7 Å². The summed E-state index contributed by atoms with van der Waals surface area (Å²) in [5.41, 5.74) is 4.87. The molecule has 0 amide bonds. The third kappa shape index (κ3) is 2.74. The molecular weight excluding hydrogens is 312 g/mol. The molecule has 5 heteroatoms. The number of aromatic nitrogens is 4. The average Bonchev–Trinajstić information content (AvgIpc) is 3.05. The van der Waals surface area contributed by atoms with E-state index >= 15 is 0 Å². The largest absolute Gasteiger partial charge is 0.294 e. The van der Waals surface area contributed by atoms with Crippen molar-refractivity contribution in [3.8, 4) is 5.69 Å². The van der Waals surface area contributed by atoms with E-state index in [0.717, 1.165) is 11.3 Å². The van der Waals surface area contributed by atoms with Crippen LogP contribution in [0.3, 0.4) is 0 Å². The number of fused-ring (bicyclic) bond motifs is 1. The normalized spacial score (nSPS) is 11.1. The first kappa shape index (κ1) is 15.3. The lowest BCUT2D eigenvalue weighted by molar-refractivity contribution is 0.745. The van der Waals surface area contributed by atoms with Crippen LogP contribution in [0.15, 0.2) is 65.8 Å². The Bertz CT molecular complexity index is 1110. The molecule has 4 aromatic rings. The zero-order valence-electron chi connectivity index (χ0n) is 14.2. The van der Waals surface area contributed by atoms with Gasteiger partial charge in [0.1, 0.15) is 11.7 Å². The van der Waals surface area contributed by atoms with E-state index in [2.05, 4.69) is 36.1 Å². The maximum atomic E-state index is 12.8. The van der Waals surface area contributed by atoms with Crippen LogP contribution in [0.2, 0.25) is 0 Å². The number of benzene rings is 2. The van der Waals surface area contributed by atoms with Gasteiger partial charge in [0, 0.05) is 0 Å². The zero-order valence-corrected chi connectivity index (χ0v) is 14.2. The fraction of sp³-hybridized carbons (Fsp3) is 0.150. The van der Waals surface area contributed by atoms with Crippen molar-refractivity contribution in [2.75, 3.05) is 0 Å². The Morgan fingerprint density at radius 3 is 2.56 bits per heavy atom. The van der Waals surface area contributed by atoms with Crippen LogP contribution in [0.4, 0.5) is 0 Å². The quantitative estimate of drug-likeness (QED) is 0.579. The summed E-state index contributed by atoms with van der Waals surface area (Å²) in [6, 6.07) is 16.0. The van der Waals surface area contributed by atoms with E-state index in [1.165, 1.54) is 11.1 Å². The summed E-state index contributed by atoms with van der Waals surface area (Å²) in [4.78, 5) is 17.3. The van der Waals surface area contributed by atoms with E-state index in [-0.39, 0.29) is 5.56 Å². The summed E-state index contributed by atoms with van der Waals surface area (Å²) in [6.07, 6.45) is 3.19. The second-order valence-corrected chi connectivity index (χ2v) is 6.23. The lowest BCUT2D eigenvalue weighted by atomic mass is 10.1. The maximum Gasteiger partial charge on any atom is 0.264 e. The Labute approximate surface area is 145 Å². The molecule has 0 aliphatic heterocycles. The molecule has 4 rings (SSSR count). The molecule has 0 unspecified atom stereocenters. The van der Waals surface area contributed by atoms with E-state index < -0.39 is 0 Å². The van der Waals surface area contributed by atoms with Gasteiger partial charge in [-0.25, -0.2) is 9.67 Å². The van der Waals surface area contributed by atoms with Crippen molar-refractivity contribution in [1.82, 2.24) is 19.3 Å². The van der Waals surface area contributed by atoms with Gasteiger partial charge in [0.2, 0.25) is 0 Å². The molecule has 0 aliphatic rings. The SMILES string of the molecule is Cc1ccc(-n2ncc3c(=O)n(Cc4ccccc4)cnc32)cc1C. The second kappa shape index (κ2) is 6.02. The van der Waals surface area contributed by atoms with Crippen molar-refractivity contribution in [1.29, 1.82) is 0 Å². The molecule has 2 aromatic carbocycles. The molecule has 25 heavy (non-hydrogen) atoms. The van der Waals surface area contributed by atoms with Crippen molar-refractivity contribution in [2.45, 2.75) is 20.4 Å². The van der Waals surface area contributed by atoms with E-state index in [9.17, 15) is 4.79 Å². The van der Waals surface area contributed by atoms with Crippen LogP contribution in [0.25, 0.3) is 16.7 Å². The van der Waals surface area contributed by atoms with Crippen LogP contribution in [-0.4, -0.2) is 19.3 Å². The first-order valence-electron chi connectivity index (χ1n) is 8.18. The van der Waals surface area contributed by atoms with Crippen LogP contribution < -0.4 is 5.56 Å². The number of rotatable bonds is 3. The summed E-state index contributed by atoms with van der Waals surface area (Å²) in [5, 5.41) is 4.91. The molecular formula is C20H18N4O. The predicted molar refractivity (Wildman–Crippen MR) is 98.1 cm³/mol. The van der Waals surface area contributed by atoms with Crippen molar-refractivity contribution >= 4 is 11.0 Å². The third-order valence-electron chi connectivity index (χ3n) is 4.49. The molecule has 0 atom stereocenters. The van der Waals surface area contributed by atoms with Gasteiger partial charge in [0.05, 0.1) is 18.4 Å². The van der Waals surface area contributed by atoms with E-state index in [1.807, 2.05) is 36.4 Å². The molecule has 0 radical (unpaired) electrons. The zero-order chi connectivity index (χ0) is 17.4. The van der Waals surface area contributed by atoms with Gasteiger partial charge in [-0.2, -0.15) is 5.10 Å². The fourth-order valence-electron chi connectivity index (χ4n) is 2.89. The molecule has 0 N–H and O–H groups in total. The van der Waals surface area contributed by atoms with Gasteiger partial charge < -0.3 is 0 Å². The fourth-order valence-corrected chi connectivity index (χ4v) is 2.89. The highest BCUT2D eigenvalue weighted by Crippen LogP contribution is 2.17. The Hall–Kier alpha value is -3.21. The first-order valence-corrected chi connectivity index (χ1v) is 8.18. The minimum absolute atomic E-state index is 0.0797. The maximum absolute atomic E-state index is 12.8. The van der Waals surface area contributed by atoms with Gasteiger partial charge in [0.25, 0.3) is 5.56 Å². The monoisotopic (exact) mass is 330 g/mol. The molecule has 0 aliphatic carbocycles. The summed E-state index contributed by atoms with van der Waals surface area (Å²) < 4.78 is 3.33. The Kier molecular flexibility index (Phi) is 3.69. The Morgan fingerprint density at radius 2 is 1.80 bits per heavy atom. The molecule has 0 fully saturated rings. The number of hydrogen-bond acceptors (Lipinski definition) is 3. The van der Waals surface area contributed by atoms with Gasteiger partial charge >= 0.3 is 0 Å². The van der Waals surface area contributed by atoms with E-state index in [1.54, 1.807) is 21.8 Å². The van der Waals surface area contributed by atoms with Crippen molar-refractivity contribution in [2.24, 2.45) is 0 Å². The highest BCUT2D eigenvalue weighted by Gasteiger charge is 2.12. The van der Waals surface area contributed by atoms with Gasteiger partial charge in [-0.3, -0.25) is 9.36 Å². The summed E-state index contributed by atoms with van der Waals surface area (Å²) in [5.74, 6) is 0. The minimum atomic E-state index is -0.0797. The lowest BCUT2D eigenvalue weighted by Gasteiger charge is -2.08. The minimum Gasteiger partial charge on any atom is -0.294 e. The standard InChI is InChI=1S/C20H18N4O/c1-14-8-9-17(10-15(14)2)24-19-18(11-22-24)20(25)23(13-21-19)12-16-6-4-3-5-7-16/h3-11,13H,12H2,1-2H3. The summed E-state index contributed by atoms with van der Waals surface area (Å²) >= 11 is 0. The Balaban J connectivity index is 1.79. The second-order valence-electron chi connectivity index (χ2n) is 6.23. The van der Waals surface area contributed by atoms with E-state index in [4.69, 9.17) is 0 Å². The molecule has 0 spiro atoms. The molecule has 0 saturated heterocycles. The Morgan fingerprint density at radius 1 is 1.00 bits per heavy atom. The van der Waals surface area contributed by atoms with Crippen molar-refractivity contribution in [3.05, 3.63) is 88.1 Å². The highest BCUT2D eigenvalue weighted by atomic mass is 16.1. The van der Waals surface area contributed by atoms with Gasteiger partial charge in [-0.15, -0.1) is 0 Å². The predicted octanol–water partition coefficient (Wildman–Crippen LogP) is 3.25.